The second-order valence-corrected chi connectivity index (χ2v) is 10.4. The number of ether oxygens (including phenoxy) is 3. The third kappa shape index (κ3) is 11.3. The zero-order valence-electron chi connectivity index (χ0n) is 24.7. The standard InChI is InChI=1S/C30H39N5O7S/c1-4-40-13-14-41-15-16-42-29(39)24(19-32-27(37)25-11-7-17-43-25)35-28(38)26-20(2)33-30(34-21(26)3)31-12-6-9-22-8-5-10-23(36)18-22/h5,7-8,10-11,17-18,24,36H,4,6,9,12-16,19H2,1-3H3,(H,32,37)(H,35,38)(H,31,33,34)/t24-/m0/s1. The van der Waals surface area contributed by atoms with Crippen molar-refractivity contribution in [1.29, 1.82) is 0 Å². The van der Waals surface area contributed by atoms with E-state index in [-0.39, 0.29) is 37.0 Å². The summed E-state index contributed by atoms with van der Waals surface area (Å²) in [5.74, 6) is -1.03. The summed E-state index contributed by atoms with van der Waals surface area (Å²) in [5, 5.41) is 19.9. The molecule has 2 amide bonds. The fourth-order valence-electron chi connectivity index (χ4n) is 4.11. The number of aromatic nitrogens is 2. The van der Waals surface area contributed by atoms with Crippen LogP contribution < -0.4 is 16.0 Å². The number of nitrogens with zero attached hydrogens (tertiary/aromatic N) is 2. The first-order valence-corrected chi connectivity index (χ1v) is 15.0. The molecule has 0 bridgehead atoms. The maximum Gasteiger partial charge on any atom is 0.330 e. The Morgan fingerprint density at radius 1 is 0.977 bits per heavy atom. The lowest BCUT2D eigenvalue weighted by Gasteiger charge is -2.19. The topological polar surface area (TPSA) is 161 Å². The summed E-state index contributed by atoms with van der Waals surface area (Å²) in [6, 6.07) is 9.37. The molecular formula is C30H39N5O7S. The van der Waals surface area contributed by atoms with Crippen LogP contribution in [0.4, 0.5) is 5.95 Å². The molecule has 4 N–H and O–H groups in total. The van der Waals surface area contributed by atoms with Gasteiger partial charge < -0.3 is 35.3 Å². The molecule has 12 nitrogen and oxygen atoms in total. The van der Waals surface area contributed by atoms with Crippen LogP contribution in [0.25, 0.3) is 0 Å². The van der Waals surface area contributed by atoms with Gasteiger partial charge in [-0.2, -0.15) is 0 Å². The molecular weight excluding hydrogens is 574 g/mol. The number of nitrogens with one attached hydrogen (secondary N) is 3. The molecule has 3 aromatic rings. The summed E-state index contributed by atoms with van der Waals surface area (Å²) in [4.78, 5) is 48.1. The van der Waals surface area contributed by atoms with Gasteiger partial charge in [0.15, 0.2) is 0 Å². The molecule has 0 aliphatic heterocycles. The molecule has 0 aliphatic rings. The van der Waals surface area contributed by atoms with Crippen LogP contribution in [-0.2, 0) is 25.4 Å². The van der Waals surface area contributed by atoms with Gasteiger partial charge in [0.25, 0.3) is 11.8 Å². The number of amides is 2. The monoisotopic (exact) mass is 613 g/mol. The minimum Gasteiger partial charge on any atom is -0.508 e. The Labute approximate surface area is 255 Å². The van der Waals surface area contributed by atoms with Gasteiger partial charge in [-0.25, -0.2) is 14.8 Å². The third-order valence-corrected chi connectivity index (χ3v) is 7.05. The predicted octanol–water partition coefficient (Wildman–Crippen LogP) is 3.03. The van der Waals surface area contributed by atoms with Gasteiger partial charge in [-0.15, -0.1) is 11.3 Å². The number of carbonyl (C=O) groups excluding carboxylic acids is 3. The average molecular weight is 614 g/mol. The Morgan fingerprint density at radius 3 is 2.42 bits per heavy atom. The third-order valence-electron chi connectivity index (χ3n) is 6.18. The van der Waals surface area contributed by atoms with Crippen LogP contribution in [0.2, 0.25) is 0 Å². The highest BCUT2D eigenvalue weighted by Crippen LogP contribution is 2.15. The summed E-state index contributed by atoms with van der Waals surface area (Å²) in [7, 11) is 0. The number of aromatic hydroxyl groups is 1. The fraction of sp³-hybridized carbons (Fsp3) is 0.433. The van der Waals surface area contributed by atoms with Gasteiger partial charge in [0.2, 0.25) is 5.95 Å². The number of hydrogen-bond acceptors (Lipinski definition) is 11. The molecule has 0 spiro atoms. The van der Waals surface area contributed by atoms with Gasteiger partial charge in [0.1, 0.15) is 18.4 Å². The van der Waals surface area contributed by atoms with E-state index in [2.05, 4.69) is 25.9 Å². The molecule has 3 rings (SSSR count). The molecule has 0 fully saturated rings. The maximum atomic E-state index is 13.3. The molecule has 1 atom stereocenters. The van der Waals surface area contributed by atoms with Crippen molar-refractivity contribution < 1.29 is 33.7 Å². The minimum atomic E-state index is -1.16. The van der Waals surface area contributed by atoms with E-state index in [9.17, 15) is 19.5 Å². The Balaban J connectivity index is 1.59. The first-order chi connectivity index (χ1) is 20.8. The van der Waals surface area contributed by atoms with E-state index in [1.807, 2.05) is 13.0 Å². The smallest absolute Gasteiger partial charge is 0.330 e. The number of aryl methyl sites for hydroxylation is 3. The van der Waals surface area contributed by atoms with Crippen molar-refractivity contribution in [3.05, 3.63) is 69.2 Å². The highest BCUT2D eigenvalue weighted by Gasteiger charge is 2.26. The molecule has 2 aromatic heterocycles. The summed E-state index contributed by atoms with van der Waals surface area (Å²) in [6.45, 7) is 7.20. The fourth-order valence-corrected chi connectivity index (χ4v) is 4.75. The number of thiophene rings is 1. The number of carbonyl (C=O) groups is 3. The number of benzene rings is 1. The predicted molar refractivity (Wildman–Crippen MR) is 163 cm³/mol. The van der Waals surface area contributed by atoms with Gasteiger partial charge in [0, 0.05) is 19.7 Å². The first-order valence-electron chi connectivity index (χ1n) is 14.1. The Bertz CT molecular complexity index is 1310. The quantitative estimate of drug-likeness (QED) is 0.124. The Kier molecular flexibility index (Phi) is 13.8. The molecule has 0 saturated carbocycles. The van der Waals surface area contributed by atoms with Crippen LogP contribution in [0.15, 0.2) is 41.8 Å². The molecule has 43 heavy (non-hydrogen) atoms. The van der Waals surface area contributed by atoms with E-state index < -0.39 is 17.9 Å². The average Bonchev–Trinajstić information content (AvgIpc) is 3.52. The van der Waals surface area contributed by atoms with Crippen LogP contribution in [0, 0.1) is 13.8 Å². The molecule has 0 saturated heterocycles. The highest BCUT2D eigenvalue weighted by molar-refractivity contribution is 7.12. The van der Waals surface area contributed by atoms with E-state index in [0.29, 0.717) is 48.6 Å². The lowest BCUT2D eigenvalue weighted by molar-refractivity contribution is -0.147. The highest BCUT2D eigenvalue weighted by atomic mass is 32.1. The SMILES string of the molecule is CCOCCOCCOC(=O)[C@H](CNC(=O)c1cccs1)NC(=O)c1c(C)nc(NCCCc2cccc(O)c2)nc1C. The van der Waals surface area contributed by atoms with Gasteiger partial charge in [-0.05, 0) is 62.8 Å². The number of phenolic OH excluding ortho intramolecular Hbond substituents is 1. The van der Waals surface area contributed by atoms with E-state index in [1.165, 1.54) is 11.3 Å². The normalized spacial score (nSPS) is 11.5. The van der Waals surface area contributed by atoms with Gasteiger partial charge in [-0.3, -0.25) is 9.59 Å². The van der Waals surface area contributed by atoms with E-state index in [4.69, 9.17) is 14.2 Å². The number of hydrogen-bond donors (Lipinski definition) is 4. The van der Waals surface area contributed by atoms with Crippen molar-refractivity contribution in [3.63, 3.8) is 0 Å². The van der Waals surface area contributed by atoms with Crippen LogP contribution in [0.3, 0.4) is 0 Å². The summed E-state index contributed by atoms with van der Waals surface area (Å²) >= 11 is 1.26. The van der Waals surface area contributed by atoms with Crippen LogP contribution in [0.1, 0.15) is 50.3 Å². The number of rotatable bonds is 18. The Morgan fingerprint density at radius 2 is 1.72 bits per heavy atom. The van der Waals surface area contributed by atoms with Crippen molar-refractivity contribution in [3.8, 4) is 5.75 Å². The first kappa shape index (κ1) is 33.4. The largest absolute Gasteiger partial charge is 0.508 e. The second-order valence-electron chi connectivity index (χ2n) is 9.48. The van der Waals surface area contributed by atoms with Crippen molar-refractivity contribution in [2.24, 2.45) is 0 Å². The van der Waals surface area contributed by atoms with Gasteiger partial charge >= 0.3 is 5.97 Å². The van der Waals surface area contributed by atoms with Crippen LogP contribution in [0.5, 0.6) is 5.75 Å². The minimum absolute atomic E-state index is 0.0246. The summed E-state index contributed by atoms with van der Waals surface area (Å²) in [6.07, 6.45) is 1.55. The summed E-state index contributed by atoms with van der Waals surface area (Å²) < 4.78 is 15.9. The molecule has 2 heterocycles. The second kappa shape index (κ2) is 17.8. The van der Waals surface area contributed by atoms with Gasteiger partial charge in [-0.1, -0.05) is 18.2 Å². The van der Waals surface area contributed by atoms with Crippen molar-refractivity contribution in [2.45, 2.75) is 39.7 Å². The van der Waals surface area contributed by atoms with Crippen molar-refractivity contribution in [2.75, 3.05) is 51.4 Å². The van der Waals surface area contributed by atoms with Gasteiger partial charge in [0.05, 0.1) is 41.6 Å². The van der Waals surface area contributed by atoms with E-state index in [1.54, 1.807) is 49.6 Å². The molecule has 13 heteroatoms. The van der Waals surface area contributed by atoms with Crippen molar-refractivity contribution in [1.82, 2.24) is 20.6 Å². The maximum absolute atomic E-state index is 13.3. The van der Waals surface area contributed by atoms with E-state index >= 15 is 0 Å². The molecule has 0 radical (unpaired) electrons. The number of anilines is 1. The number of phenols is 1. The lowest BCUT2D eigenvalue weighted by Crippen LogP contribution is -2.49. The molecule has 1 aromatic carbocycles. The molecule has 0 aliphatic carbocycles. The molecule has 232 valence electrons. The molecule has 0 unspecified atom stereocenters. The zero-order chi connectivity index (χ0) is 31.0. The lowest BCUT2D eigenvalue weighted by atomic mass is 10.1. The zero-order valence-corrected chi connectivity index (χ0v) is 25.5. The van der Waals surface area contributed by atoms with Crippen LogP contribution in [-0.4, -0.2) is 85.0 Å². The number of esters is 1. The summed E-state index contributed by atoms with van der Waals surface area (Å²) in [5.41, 5.74) is 2.11. The van der Waals surface area contributed by atoms with Crippen molar-refractivity contribution >= 4 is 35.1 Å². The van der Waals surface area contributed by atoms with E-state index in [0.717, 1.165) is 18.4 Å². The van der Waals surface area contributed by atoms with Crippen LogP contribution >= 0.6 is 11.3 Å². The Hall–Kier alpha value is -4.07.